The molecule has 2 atom stereocenters. The number of nitrogens with one attached hydrogen (secondary N) is 1. The van der Waals surface area contributed by atoms with Gasteiger partial charge in [-0.25, -0.2) is 0 Å². The van der Waals surface area contributed by atoms with Gasteiger partial charge in [0.05, 0.1) is 30.9 Å². The van der Waals surface area contributed by atoms with E-state index in [1.54, 1.807) is 68.4 Å². The minimum atomic E-state index is -1.51. The van der Waals surface area contributed by atoms with Crippen LogP contribution in [-0.2, 0) is 16.1 Å². The highest BCUT2D eigenvalue weighted by molar-refractivity contribution is 9.10. The zero-order valence-electron chi connectivity index (χ0n) is 23.9. The van der Waals surface area contributed by atoms with Gasteiger partial charge in [-0.15, -0.1) is 0 Å². The molecule has 0 saturated heterocycles. The van der Waals surface area contributed by atoms with E-state index in [0.29, 0.717) is 33.4 Å². The number of primary amides is 1. The molecular weight excluding hydrogens is 634 g/mol. The second-order valence-electron chi connectivity index (χ2n) is 10.6. The van der Waals surface area contributed by atoms with E-state index in [2.05, 4.69) is 21.2 Å². The number of likely N-dealkylation sites (N-methyl/N-ethyl adjacent to an activating group) is 1. The summed E-state index contributed by atoms with van der Waals surface area (Å²) in [5.41, 5.74) is 12.7. The summed E-state index contributed by atoms with van der Waals surface area (Å²) in [6.07, 6.45) is 0. The number of hydrogen-bond donors (Lipinski definition) is 3. The molecular formula is C32H31BrClN5O4. The van der Waals surface area contributed by atoms with Gasteiger partial charge in [-0.1, -0.05) is 39.7 Å². The molecule has 0 saturated carbocycles. The van der Waals surface area contributed by atoms with Crippen LogP contribution in [0, 0.1) is 5.92 Å². The summed E-state index contributed by atoms with van der Waals surface area (Å²) < 4.78 is 6.65. The number of carbonyl (C=O) groups excluding carboxylic acids is 3. The predicted octanol–water partition coefficient (Wildman–Crippen LogP) is 5.12. The van der Waals surface area contributed by atoms with E-state index in [-0.39, 0.29) is 13.1 Å². The molecule has 4 aromatic carbocycles. The van der Waals surface area contributed by atoms with Crippen molar-refractivity contribution in [1.82, 2.24) is 5.32 Å². The molecule has 0 radical (unpaired) electrons. The van der Waals surface area contributed by atoms with Crippen LogP contribution < -0.4 is 31.3 Å². The topological polar surface area (TPSA) is 131 Å². The van der Waals surface area contributed by atoms with Crippen molar-refractivity contribution in [2.24, 2.45) is 11.7 Å². The van der Waals surface area contributed by atoms with Crippen LogP contribution in [0.25, 0.3) is 10.8 Å². The normalized spacial score (nSPS) is 16.4. The lowest BCUT2D eigenvalue weighted by molar-refractivity contribution is -0.133. The second-order valence-corrected chi connectivity index (χ2v) is 11.9. The minimum Gasteiger partial charge on any atom is -0.496 e. The van der Waals surface area contributed by atoms with Gasteiger partial charge in [0.25, 0.3) is 5.91 Å². The lowest BCUT2D eigenvalue weighted by Gasteiger charge is -2.36. The summed E-state index contributed by atoms with van der Waals surface area (Å²) in [4.78, 5) is 44.8. The van der Waals surface area contributed by atoms with Crippen molar-refractivity contribution in [3.8, 4) is 5.75 Å². The third kappa shape index (κ3) is 5.53. The fourth-order valence-corrected chi connectivity index (χ4v) is 6.05. The Bertz CT molecular complexity index is 1750. The highest BCUT2D eigenvalue weighted by Gasteiger charge is 2.49. The number of nitrogen functional groups attached to an aromatic ring is 1. The molecule has 1 aliphatic heterocycles. The first-order valence-corrected chi connectivity index (χ1v) is 14.7. The molecule has 5 rings (SSSR count). The average Bonchev–Trinajstić information content (AvgIpc) is 3.10. The maximum Gasteiger partial charge on any atom is 0.258 e. The van der Waals surface area contributed by atoms with Crippen LogP contribution in [0.1, 0.15) is 22.8 Å². The molecule has 0 fully saturated rings. The van der Waals surface area contributed by atoms with Gasteiger partial charge >= 0.3 is 0 Å². The van der Waals surface area contributed by atoms with Gasteiger partial charge in [-0.2, -0.15) is 0 Å². The van der Waals surface area contributed by atoms with Crippen molar-refractivity contribution in [2.75, 3.05) is 36.2 Å². The summed E-state index contributed by atoms with van der Waals surface area (Å²) in [6, 6.07) is 21.2. The summed E-state index contributed by atoms with van der Waals surface area (Å²) >= 11 is 10.0. The van der Waals surface area contributed by atoms with Gasteiger partial charge in [-0.05, 0) is 85.4 Å². The van der Waals surface area contributed by atoms with Crippen LogP contribution in [-0.4, -0.2) is 44.0 Å². The number of carbonyl (C=O) groups is 3. The Morgan fingerprint density at radius 2 is 1.79 bits per heavy atom. The standard InChI is InChI=1S/C32H31BrClN5O4/c1-32(37-2,31(36)42)25-17-39(29(40)18-4-9-22(35)10-5-18)27-15-21(34)8-12-26(27)38(30(25)41)16-24-23-11-7-20(33)14-19(23)6-13-28(24)43-3/h4-15,25,37H,16-17,35H2,1-3H3,(H2,36,42)/t25-,32?/m1/s1. The van der Waals surface area contributed by atoms with Crippen LogP contribution in [0.4, 0.5) is 17.1 Å². The lowest BCUT2D eigenvalue weighted by Crippen LogP contribution is -2.63. The molecule has 43 heavy (non-hydrogen) atoms. The van der Waals surface area contributed by atoms with Gasteiger partial charge in [0.15, 0.2) is 0 Å². The van der Waals surface area contributed by atoms with Crippen molar-refractivity contribution in [1.29, 1.82) is 0 Å². The van der Waals surface area contributed by atoms with Crippen molar-refractivity contribution >= 4 is 73.1 Å². The molecule has 1 unspecified atom stereocenters. The van der Waals surface area contributed by atoms with Crippen LogP contribution in [0.5, 0.6) is 5.75 Å². The second kappa shape index (κ2) is 11.9. The van der Waals surface area contributed by atoms with E-state index in [4.69, 9.17) is 27.8 Å². The molecule has 9 nitrogen and oxygen atoms in total. The SMILES string of the molecule is CNC(C)(C(N)=O)[C@@H]1CN(C(=O)c2ccc(N)cc2)c2cc(Cl)ccc2N(Cc2c(OC)ccc3cc(Br)ccc23)C1=O. The number of nitrogens with two attached hydrogens (primary N) is 2. The molecule has 222 valence electrons. The molecule has 3 amide bonds. The van der Waals surface area contributed by atoms with Crippen LogP contribution in [0.2, 0.25) is 5.02 Å². The Kier molecular flexibility index (Phi) is 8.38. The van der Waals surface area contributed by atoms with Gasteiger partial charge in [0, 0.05) is 32.9 Å². The number of halogens is 2. The van der Waals surface area contributed by atoms with E-state index in [1.165, 1.54) is 4.90 Å². The number of hydrogen-bond acceptors (Lipinski definition) is 6. The molecule has 1 heterocycles. The van der Waals surface area contributed by atoms with Crippen molar-refractivity contribution in [3.05, 3.63) is 93.4 Å². The Hall–Kier alpha value is -4.12. The Labute approximate surface area is 262 Å². The smallest absolute Gasteiger partial charge is 0.258 e. The first-order chi connectivity index (χ1) is 20.5. The van der Waals surface area contributed by atoms with Gasteiger partial charge in [-0.3, -0.25) is 14.4 Å². The quantitative estimate of drug-likeness (QED) is 0.235. The van der Waals surface area contributed by atoms with Crippen molar-refractivity contribution < 1.29 is 19.1 Å². The number of nitrogens with zero attached hydrogens (tertiary/aromatic N) is 2. The van der Waals surface area contributed by atoms with Crippen molar-refractivity contribution in [2.45, 2.75) is 19.0 Å². The summed E-state index contributed by atoms with van der Waals surface area (Å²) in [5, 5.41) is 5.16. The van der Waals surface area contributed by atoms with E-state index in [0.717, 1.165) is 20.8 Å². The third-order valence-corrected chi connectivity index (χ3v) is 8.89. The fourth-order valence-electron chi connectivity index (χ4n) is 5.50. The first kappa shape index (κ1) is 30.3. The van der Waals surface area contributed by atoms with Gasteiger partial charge in [0.1, 0.15) is 11.3 Å². The average molecular weight is 665 g/mol. The zero-order valence-corrected chi connectivity index (χ0v) is 26.2. The van der Waals surface area contributed by atoms with E-state index >= 15 is 0 Å². The molecule has 0 spiro atoms. The summed E-state index contributed by atoms with van der Waals surface area (Å²) in [7, 11) is 3.14. The van der Waals surface area contributed by atoms with Crippen LogP contribution in [0.15, 0.2) is 77.3 Å². The molecule has 11 heteroatoms. The number of amides is 3. The maximum atomic E-state index is 14.7. The lowest BCUT2D eigenvalue weighted by atomic mass is 9.83. The number of anilines is 3. The van der Waals surface area contributed by atoms with Gasteiger partial charge in [0.2, 0.25) is 11.8 Å². The molecule has 0 bridgehead atoms. The maximum absolute atomic E-state index is 14.7. The molecule has 5 N–H and O–H groups in total. The fraction of sp³-hybridized carbons (Fsp3) is 0.219. The predicted molar refractivity (Wildman–Crippen MR) is 174 cm³/mol. The Morgan fingerprint density at radius 1 is 1.07 bits per heavy atom. The first-order valence-electron chi connectivity index (χ1n) is 13.5. The summed E-state index contributed by atoms with van der Waals surface area (Å²) in [6.45, 7) is 1.50. The Morgan fingerprint density at radius 3 is 2.44 bits per heavy atom. The zero-order chi connectivity index (χ0) is 31.1. The number of ether oxygens (including phenoxy) is 1. The highest BCUT2D eigenvalue weighted by atomic mass is 79.9. The number of benzene rings is 4. The van der Waals surface area contributed by atoms with Crippen LogP contribution in [0.3, 0.4) is 0 Å². The molecule has 0 aromatic heterocycles. The molecule has 0 aliphatic carbocycles. The number of rotatable bonds is 7. The van der Waals surface area contributed by atoms with E-state index in [9.17, 15) is 14.4 Å². The highest BCUT2D eigenvalue weighted by Crippen LogP contribution is 2.42. The molecule has 1 aliphatic rings. The minimum absolute atomic E-state index is 0.0779. The third-order valence-electron chi connectivity index (χ3n) is 8.17. The number of fused-ring (bicyclic) bond motifs is 2. The van der Waals surface area contributed by atoms with E-state index in [1.807, 2.05) is 30.3 Å². The van der Waals surface area contributed by atoms with Crippen LogP contribution >= 0.6 is 27.5 Å². The van der Waals surface area contributed by atoms with Gasteiger partial charge < -0.3 is 31.3 Å². The summed E-state index contributed by atoms with van der Waals surface area (Å²) in [5.74, 6) is -2.01. The van der Waals surface area contributed by atoms with E-state index < -0.39 is 29.2 Å². The largest absolute Gasteiger partial charge is 0.496 e. The Balaban J connectivity index is 1.75. The number of methoxy groups -OCH3 is 1. The monoisotopic (exact) mass is 663 g/mol. The molecule has 4 aromatic rings. The van der Waals surface area contributed by atoms with Crippen molar-refractivity contribution in [3.63, 3.8) is 0 Å².